The molecule has 2 aliphatic rings. The number of pyridine rings is 1. The van der Waals surface area contributed by atoms with E-state index < -0.39 is 0 Å². The third kappa shape index (κ3) is 3.51. The number of carbonyl (C=O) groups excluding carboxylic acids is 1. The van der Waals surface area contributed by atoms with Crippen LogP contribution in [-0.2, 0) is 4.79 Å². The number of halogens is 1. The molecule has 0 unspecified atom stereocenters. The fraction of sp³-hybridized carbons (Fsp3) is 0.0667. The minimum Gasteiger partial charge on any atom is -0.471 e. The predicted molar refractivity (Wildman–Crippen MR) is 148 cm³/mol. The first-order valence-electron chi connectivity index (χ1n) is 12.1. The number of amides is 1. The Balaban J connectivity index is 1.51. The highest BCUT2D eigenvalue weighted by molar-refractivity contribution is 6.36. The van der Waals surface area contributed by atoms with Gasteiger partial charge in [-0.25, -0.2) is 9.67 Å². The van der Waals surface area contributed by atoms with Crippen molar-refractivity contribution in [1.29, 1.82) is 0 Å². The Morgan fingerprint density at radius 2 is 1.58 bits per heavy atom. The molecular formula is C30H20ClN5O2. The summed E-state index contributed by atoms with van der Waals surface area (Å²) < 4.78 is 8.13. The van der Waals surface area contributed by atoms with Crippen molar-refractivity contribution >= 4 is 45.4 Å². The first-order chi connectivity index (χ1) is 18.6. The largest absolute Gasteiger partial charge is 0.471 e. The molecule has 4 heterocycles. The van der Waals surface area contributed by atoms with Gasteiger partial charge in [0, 0.05) is 16.0 Å². The molecule has 0 bridgehead atoms. The molecule has 7 nitrogen and oxygen atoms in total. The Morgan fingerprint density at radius 1 is 0.868 bits per heavy atom. The Kier molecular flexibility index (Phi) is 5.13. The van der Waals surface area contributed by atoms with E-state index in [1.807, 2.05) is 97.9 Å². The Morgan fingerprint density at radius 3 is 2.34 bits per heavy atom. The van der Waals surface area contributed by atoms with Gasteiger partial charge in [-0.1, -0.05) is 60.1 Å². The highest BCUT2D eigenvalue weighted by Gasteiger charge is 2.40. The molecule has 2 aromatic heterocycles. The number of hydrogen-bond acceptors (Lipinski definition) is 5. The number of para-hydroxylation sites is 2. The zero-order valence-corrected chi connectivity index (χ0v) is 21.1. The van der Waals surface area contributed by atoms with E-state index in [9.17, 15) is 4.79 Å². The van der Waals surface area contributed by atoms with E-state index in [0.29, 0.717) is 50.4 Å². The first-order valence-corrected chi connectivity index (χ1v) is 12.5. The zero-order chi connectivity index (χ0) is 25.8. The second kappa shape index (κ2) is 8.68. The topological polar surface area (TPSA) is 72.6 Å². The van der Waals surface area contributed by atoms with Crippen molar-refractivity contribution in [3.63, 3.8) is 0 Å². The highest BCUT2D eigenvalue weighted by Crippen LogP contribution is 2.42. The number of benzene rings is 3. The summed E-state index contributed by atoms with van der Waals surface area (Å²) in [6, 6.07) is 28.6. The van der Waals surface area contributed by atoms with E-state index in [4.69, 9.17) is 31.5 Å². The number of rotatable bonds is 3. The average molecular weight is 518 g/mol. The van der Waals surface area contributed by atoms with Crippen LogP contribution in [0.15, 0.2) is 102 Å². The van der Waals surface area contributed by atoms with Crippen LogP contribution >= 0.6 is 11.6 Å². The van der Waals surface area contributed by atoms with Crippen molar-refractivity contribution in [2.45, 2.75) is 6.92 Å². The van der Waals surface area contributed by atoms with Gasteiger partial charge in [0.1, 0.15) is 12.3 Å². The molecule has 0 aliphatic carbocycles. The quantitative estimate of drug-likeness (QED) is 0.295. The Bertz CT molecular complexity index is 1810. The van der Waals surface area contributed by atoms with Gasteiger partial charge in [-0.3, -0.25) is 4.79 Å². The summed E-state index contributed by atoms with van der Waals surface area (Å²) in [6.07, 6.45) is 0. The maximum atomic E-state index is 14.0. The molecule has 2 aliphatic heterocycles. The number of aromatic nitrogens is 3. The van der Waals surface area contributed by atoms with Crippen molar-refractivity contribution in [2.24, 2.45) is 5.10 Å². The van der Waals surface area contributed by atoms with Gasteiger partial charge in [0.15, 0.2) is 0 Å². The number of ether oxygens (including phenoxy) is 1. The maximum Gasteiger partial charge on any atom is 0.281 e. The van der Waals surface area contributed by atoms with Crippen LogP contribution in [0.5, 0.6) is 5.88 Å². The van der Waals surface area contributed by atoms with Crippen LogP contribution in [0, 0.1) is 6.92 Å². The van der Waals surface area contributed by atoms with Crippen molar-refractivity contribution in [3.05, 3.63) is 119 Å². The molecule has 0 saturated heterocycles. The third-order valence-electron chi connectivity index (χ3n) is 6.69. The molecule has 0 spiro atoms. The van der Waals surface area contributed by atoms with Crippen LogP contribution < -0.4 is 9.75 Å². The van der Waals surface area contributed by atoms with Crippen LogP contribution in [0.2, 0.25) is 5.02 Å². The van der Waals surface area contributed by atoms with Crippen LogP contribution in [0.4, 0.5) is 5.69 Å². The molecule has 0 fully saturated rings. The summed E-state index contributed by atoms with van der Waals surface area (Å²) >= 11 is 6.29. The Hall–Kier alpha value is -4.75. The second-order valence-corrected chi connectivity index (χ2v) is 9.52. The van der Waals surface area contributed by atoms with Gasteiger partial charge in [0.2, 0.25) is 5.88 Å². The van der Waals surface area contributed by atoms with Gasteiger partial charge in [0.05, 0.1) is 39.4 Å². The van der Waals surface area contributed by atoms with E-state index >= 15 is 0 Å². The molecule has 184 valence electrons. The fourth-order valence-corrected chi connectivity index (χ4v) is 5.13. The van der Waals surface area contributed by atoms with E-state index in [0.717, 1.165) is 16.6 Å². The molecule has 0 saturated carbocycles. The number of hydrazone groups is 1. The Labute approximate surface area is 223 Å². The fourth-order valence-electron chi connectivity index (χ4n) is 4.96. The van der Waals surface area contributed by atoms with Gasteiger partial charge < -0.3 is 4.74 Å². The number of anilines is 1. The summed E-state index contributed by atoms with van der Waals surface area (Å²) in [4.78, 5) is 19.0. The van der Waals surface area contributed by atoms with E-state index in [2.05, 4.69) is 0 Å². The van der Waals surface area contributed by atoms with Gasteiger partial charge in [-0.05, 0) is 49.4 Å². The monoisotopic (exact) mass is 517 g/mol. The number of aryl methyl sites for hydroxylation is 1. The van der Waals surface area contributed by atoms with Crippen LogP contribution in [0.3, 0.4) is 0 Å². The van der Waals surface area contributed by atoms with Crippen LogP contribution in [0.25, 0.3) is 22.2 Å². The minimum atomic E-state index is -0.238. The molecule has 3 aromatic carbocycles. The van der Waals surface area contributed by atoms with E-state index in [-0.39, 0.29) is 12.5 Å². The number of fused-ring (bicyclic) bond motifs is 3. The lowest BCUT2D eigenvalue weighted by atomic mass is 9.94. The predicted octanol–water partition coefficient (Wildman–Crippen LogP) is 5.98. The summed E-state index contributed by atoms with van der Waals surface area (Å²) in [5.74, 6) is 0.304. The third-order valence-corrected chi connectivity index (χ3v) is 6.93. The summed E-state index contributed by atoms with van der Waals surface area (Å²) in [5.41, 5.74) is 5.94. The van der Waals surface area contributed by atoms with Crippen molar-refractivity contribution in [3.8, 4) is 11.6 Å². The van der Waals surface area contributed by atoms with E-state index in [1.54, 1.807) is 4.68 Å². The second-order valence-electron chi connectivity index (χ2n) is 9.08. The molecule has 0 atom stereocenters. The van der Waals surface area contributed by atoms with Gasteiger partial charge >= 0.3 is 0 Å². The normalized spacial score (nSPS) is 14.7. The highest BCUT2D eigenvalue weighted by atomic mass is 35.5. The lowest BCUT2D eigenvalue weighted by Gasteiger charge is -2.14. The summed E-state index contributed by atoms with van der Waals surface area (Å²) in [5, 5.41) is 12.5. The maximum absolute atomic E-state index is 14.0. The molecular weight excluding hydrogens is 498 g/mol. The zero-order valence-electron chi connectivity index (χ0n) is 20.3. The van der Waals surface area contributed by atoms with E-state index in [1.165, 1.54) is 5.01 Å². The number of hydrogen-bond donors (Lipinski definition) is 0. The SMILES string of the molecule is Cc1nn(-c2ccccc2)c2c1C(c1ccc3ccc(Cl)cc3n1)=C1C(=O)N(c3ccccc3)N=C1CO2. The lowest BCUT2D eigenvalue weighted by molar-refractivity contribution is -0.114. The van der Waals surface area contributed by atoms with Gasteiger partial charge in [-0.2, -0.15) is 15.2 Å². The minimum absolute atomic E-state index is 0.109. The summed E-state index contributed by atoms with van der Waals surface area (Å²) in [7, 11) is 0. The first kappa shape index (κ1) is 22.4. The number of nitrogens with zero attached hydrogens (tertiary/aromatic N) is 5. The van der Waals surface area contributed by atoms with Crippen LogP contribution in [-0.4, -0.2) is 33.0 Å². The standard InChI is InChI=1S/C30H20ClN5O2/c1-18-26-27(23-15-13-19-12-14-20(31)16-24(19)32-23)28-25(34-35(29(28)37)21-8-4-2-5-9-21)17-38-30(26)36(33-18)22-10-6-3-7-11-22/h2-16H,17H2,1H3. The average Bonchev–Trinajstić information content (AvgIpc) is 3.38. The molecule has 7 rings (SSSR count). The molecule has 5 aromatic rings. The molecule has 0 N–H and O–H groups in total. The molecule has 8 heteroatoms. The molecule has 0 radical (unpaired) electrons. The van der Waals surface area contributed by atoms with Crippen molar-refractivity contribution in [2.75, 3.05) is 11.6 Å². The van der Waals surface area contributed by atoms with Gasteiger partial charge in [-0.15, -0.1) is 0 Å². The van der Waals surface area contributed by atoms with Crippen LogP contribution in [0.1, 0.15) is 17.0 Å². The lowest BCUT2D eigenvalue weighted by Crippen LogP contribution is -2.22. The van der Waals surface area contributed by atoms with Crippen molar-refractivity contribution < 1.29 is 9.53 Å². The number of carbonyl (C=O) groups is 1. The molecule has 38 heavy (non-hydrogen) atoms. The molecule has 1 amide bonds. The van der Waals surface area contributed by atoms with Gasteiger partial charge in [0.25, 0.3) is 5.91 Å². The van der Waals surface area contributed by atoms with Crippen molar-refractivity contribution in [1.82, 2.24) is 14.8 Å². The smallest absolute Gasteiger partial charge is 0.281 e. The summed E-state index contributed by atoms with van der Waals surface area (Å²) in [6.45, 7) is 2.02.